The molecule has 0 radical (unpaired) electrons. The van der Waals surface area contributed by atoms with Gasteiger partial charge in [0, 0.05) is 13.0 Å². The largest absolute Gasteiger partial charge is 0.495 e. The number of hydrogen-bond donors (Lipinski definition) is 1. The molecule has 0 aliphatic rings. The summed E-state index contributed by atoms with van der Waals surface area (Å²) in [5.41, 5.74) is 1.15. The van der Waals surface area contributed by atoms with Gasteiger partial charge in [-0.15, -0.1) is 0 Å². The Bertz CT molecular complexity index is 1090. The number of para-hydroxylation sites is 2. The number of hydrogen-bond acceptors (Lipinski definition) is 5. The number of carbonyl (C=O) groups excluding carboxylic acids is 1. The van der Waals surface area contributed by atoms with E-state index in [4.69, 9.17) is 9.47 Å². The second kappa shape index (κ2) is 8.87. The van der Waals surface area contributed by atoms with Crippen LogP contribution in [0, 0.1) is 0 Å². The summed E-state index contributed by atoms with van der Waals surface area (Å²) in [5, 5.41) is 2.60. The Morgan fingerprint density at radius 1 is 0.833 bits per heavy atom. The van der Waals surface area contributed by atoms with Gasteiger partial charge in [0.1, 0.15) is 16.4 Å². The number of nitrogens with one attached hydrogen (secondary N) is 1. The van der Waals surface area contributed by atoms with Gasteiger partial charge >= 0.3 is 0 Å². The summed E-state index contributed by atoms with van der Waals surface area (Å²) < 4.78 is 39.6. The van der Waals surface area contributed by atoms with E-state index in [1.54, 1.807) is 48.5 Å². The van der Waals surface area contributed by atoms with Crippen LogP contribution in [0.5, 0.6) is 11.5 Å². The smallest absolute Gasteiger partial charge is 0.272 e. The molecule has 156 valence electrons. The molecule has 0 atom stereocenters. The monoisotopic (exact) mass is 426 g/mol. The van der Waals surface area contributed by atoms with Gasteiger partial charge in [-0.05, 0) is 30.3 Å². The molecule has 0 spiro atoms. The molecule has 3 rings (SSSR count). The molecule has 30 heavy (non-hydrogen) atoms. The number of benzene rings is 3. The molecule has 8 heteroatoms. The summed E-state index contributed by atoms with van der Waals surface area (Å²) >= 11 is 0. The Morgan fingerprint density at radius 3 is 1.77 bits per heavy atom. The first-order chi connectivity index (χ1) is 14.4. The van der Waals surface area contributed by atoms with Crippen molar-refractivity contribution in [3.05, 3.63) is 72.8 Å². The summed E-state index contributed by atoms with van der Waals surface area (Å²) in [6.07, 6.45) is 0. The van der Waals surface area contributed by atoms with Gasteiger partial charge in [0.05, 0.1) is 31.3 Å². The lowest BCUT2D eigenvalue weighted by Crippen LogP contribution is -2.27. The van der Waals surface area contributed by atoms with Crippen LogP contribution in [-0.2, 0) is 14.8 Å². The van der Waals surface area contributed by atoms with Crippen LogP contribution in [0.3, 0.4) is 0 Å². The number of methoxy groups -OCH3 is 2. The Morgan fingerprint density at radius 2 is 1.33 bits per heavy atom. The molecule has 0 heterocycles. The zero-order valence-corrected chi connectivity index (χ0v) is 17.6. The van der Waals surface area contributed by atoms with Crippen molar-refractivity contribution in [2.45, 2.75) is 11.8 Å². The van der Waals surface area contributed by atoms with Crippen molar-refractivity contribution in [3.63, 3.8) is 0 Å². The van der Waals surface area contributed by atoms with Crippen molar-refractivity contribution in [3.8, 4) is 11.5 Å². The zero-order valence-electron chi connectivity index (χ0n) is 16.8. The minimum absolute atomic E-state index is 0.0952. The molecule has 3 aromatic carbocycles. The molecule has 0 aliphatic carbocycles. The summed E-state index contributed by atoms with van der Waals surface area (Å²) in [4.78, 5) is 11.5. The predicted molar refractivity (Wildman–Crippen MR) is 116 cm³/mol. The van der Waals surface area contributed by atoms with Crippen molar-refractivity contribution in [1.82, 2.24) is 0 Å². The van der Waals surface area contributed by atoms with E-state index in [1.165, 1.54) is 37.6 Å². The van der Waals surface area contributed by atoms with Gasteiger partial charge in [-0.3, -0.25) is 4.79 Å². The lowest BCUT2D eigenvalue weighted by atomic mass is 10.2. The van der Waals surface area contributed by atoms with Gasteiger partial charge in [-0.25, -0.2) is 12.7 Å². The van der Waals surface area contributed by atoms with Crippen molar-refractivity contribution in [1.29, 1.82) is 0 Å². The van der Waals surface area contributed by atoms with Gasteiger partial charge < -0.3 is 14.8 Å². The third-order valence-corrected chi connectivity index (χ3v) is 6.07. The molecule has 1 amide bonds. The van der Waals surface area contributed by atoms with E-state index in [0.29, 0.717) is 11.4 Å². The Balaban J connectivity index is 2.26. The van der Waals surface area contributed by atoms with Crippen LogP contribution < -0.4 is 19.1 Å². The summed E-state index contributed by atoms with van der Waals surface area (Å²) in [6, 6.07) is 20.2. The maximum absolute atomic E-state index is 13.8. The van der Waals surface area contributed by atoms with Crippen LogP contribution in [0.2, 0.25) is 0 Å². The van der Waals surface area contributed by atoms with Crippen molar-refractivity contribution >= 4 is 33.0 Å². The molecular formula is C22H22N2O5S. The molecule has 0 bridgehead atoms. The normalized spacial score (nSPS) is 10.9. The highest BCUT2D eigenvalue weighted by Gasteiger charge is 2.31. The highest BCUT2D eigenvalue weighted by atomic mass is 32.2. The number of anilines is 3. The highest BCUT2D eigenvalue weighted by Crippen LogP contribution is 2.40. The fraction of sp³-hybridized carbons (Fsp3) is 0.136. The zero-order chi connectivity index (χ0) is 21.7. The first-order valence-corrected chi connectivity index (χ1v) is 10.5. The minimum Gasteiger partial charge on any atom is -0.495 e. The second-order valence-corrected chi connectivity index (χ2v) is 8.08. The fourth-order valence-electron chi connectivity index (χ4n) is 3.01. The average Bonchev–Trinajstić information content (AvgIpc) is 2.74. The van der Waals surface area contributed by atoms with Crippen LogP contribution in [-0.4, -0.2) is 28.5 Å². The lowest BCUT2D eigenvalue weighted by molar-refractivity contribution is -0.114. The van der Waals surface area contributed by atoms with Gasteiger partial charge in [0.25, 0.3) is 10.0 Å². The maximum atomic E-state index is 13.8. The number of ether oxygens (including phenoxy) is 2. The van der Waals surface area contributed by atoms with Crippen LogP contribution in [0.4, 0.5) is 17.1 Å². The van der Waals surface area contributed by atoms with E-state index in [2.05, 4.69) is 5.32 Å². The van der Waals surface area contributed by atoms with E-state index in [0.717, 1.165) is 0 Å². The average molecular weight is 426 g/mol. The van der Waals surface area contributed by atoms with Crippen molar-refractivity contribution in [2.24, 2.45) is 0 Å². The van der Waals surface area contributed by atoms with Crippen molar-refractivity contribution in [2.75, 3.05) is 23.8 Å². The van der Waals surface area contributed by atoms with Crippen molar-refractivity contribution < 1.29 is 22.7 Å². The predicted octanol–water partition coefficient (Wildman–Crippen LogP) is 4.19. The number of amides is 1. The van der Waals surface area contributed by atoms with Crippen LogP contribution >= 0.6 is 0 Å². The number of rotatable bonds is 7. The quantitative estimate of drug-likeness (QED) is 0.612. The van der Waals surface area contributed by atoms with Gasteiger partial charge in [-0.2, -0.15) is 0 Å². The number of sulfonamides is 1. The van der Waals surface area contributed by atoms with Crippen LogP contribution in [0.25, 0.3) is 0 Å². The number of nitrogens with zero attached hydrogens (tertiary/aromatic N) is 1. The minimum atomic E-state index is -4.13. The molecule has 0 unspecified atom stereocenters. The summed E-state index contributed by atoms with van der Waals surface area (Å²) in [5.74, 6) is 0.0228. The second-order valence-electron chi connectivity index (χ2n) is 6.33. The Hall–Kier alpha value is -3.52. The molecule has 0 saturated carbocycles. The van der Waals surface area contributed by atoms with E-state index >= 15 is 0 Å². The third kappa shape index (κ3) is 4.23. The molecule has 0 saturated heterocycles. The fourth-order valence-corrected chi connectivity index (χ4v) is 4.67. The molecule has 0 aliphatic heterocycles. The molecule has 0 aromatic heterocycles. The molecule has 7 nitrogen and oxygen atoms in total. The van der Waals surface area contributed by atoms with Crippen LogP contribution in [0.1, 0.15) is 6.92 Å². The van der Waals surface area contributed by atoms with Gasteiger partial charge in [0.2, 0.25) is 5.91 Å². The molecule has 3 aromatic rings. The first kappa shape index (κ1) is 21.2. The van der Waals surface area contributed by atoms with E-state index in [9.17, 15) is 13.2 Å². The van der Waals surface area contributed by atoms with E-state index in [1.807, 2.05) is 12.1 Å². The summed E-state index contributed by atoms with van der Waals surface area (Å²) in [7, 11) is -1.33. The van der Waals surface area contributed by atoms with E-state index < -0.39 is 10.0 Å². The standard InChI is InChI=1S/C22H22N2O5S/c1-16(25)23-19-14-22(21(29-3)15-20(19)28-2)30(26,27)24(17-10-6-4-7-11-17)18-12-8-5-9-13-18/h4-15H,1-3H3,(H,23,25). The Labute approximate surface area is 175 Å². The molecule has 1 N–H and O–H groups in total. The molecule has 0 fully saturated rings. The molecular weight excluding hydrogens is 404 g/mol. The maximum Gasteiger partial charge on any atom is 0.272 e. The SMILES string of the molecule is COc1cc(OC)c(S(=O)(=O)N(c2ccccc2)c2ccccc2)cc1NC(C)=O. The topological polar surface area (TPSA) is 84.9 Å². The lowest BCUT2D eigenvalue weighted by Gasteiger charge is -2.26. The first-order valence-electron chi connectivity index (χ1n) is 9.07. The number of carbonyl (C=O) groups is 1. The Kier molecular flexibility index (Phi) is 6.27. The van der Waals surface area contributed by atoms with E-state index in [-0.39, 0.29) is 28.0 Å². The summed E-state index contributed by atoms with van der Waals surface area (Å²) in [6.45, 7) is 1.33. The highest BCUT2D eigenvalue weighted by molar-refractivity contribution is 7.93. The van der Waals surface area contributed by atoms with Crippen LogP contribution in [0.15, 0.2) is 77.7 Å². The van der Waals surface area contributed by atoms with Gasteiger partial charge in [-0.1, -0.05) is 36.4 Å². The third-order valence-electron chi connectivity index (χ3n) is 4.30. The van der Waals surface area contributed by atoms with Gasteiger partial charge in [0.15, 0.2) is 0 Å².